The lowest BCUT2D eigenvalue weighted by atomic mass is 10.1. The molecule has 0 aromatic carbocycles. The van der Waals surface area contributed by atoms with Gasteiger partial charge in [-0.2, -0.15) is 0 Å². The minimum absolute atomic E-state index is 0. The predicted molar refractivity (Wildman–Crippen MR) is 113 cm³/mol. The highest BCUT2D eigenvalue weighted by Gasteiger charge is 2.51. The molecule has 0 saturated carbocycles. The number of carbonyl (C=O) groups is 2. The number of piperazine rings is 3. The van der Waals surface area contributed by atoms with E-state index in [0.29, 0.717) is 39.3 Å². The Kier molecular flexibility index (Phi) is 12.3. The molecule has 0 unspecified atom stereocenters. The number of nitrogens with zero attached hydrogens (tertiary/aromatic N) is 4. The van der Waals surface area contributed by atoms with Gasteiger partial charge in [-0.3, -0.25) is 9.59 Å². The van der Waals surface area contributed by atoms with Crippen molar-refractivity contribution in [2.75, 3.05) is 78.5 Å². The number of halogens is 2. The molecule has 0 aliphatic carbocycles. The Morgan fingerprint density at radius 1 is 0.600 bits per heavy atom. The minimum Gasteiger partial charge on any atom is -1.00 e. The summed E-state index contributed by atoms with van der Waals surface area (Å²) in [5, 5.41) is 0. The molecule has 2 amide bonds. The van der Waals surface area contributed by atoms with Crippen LogP contribution in [0.2, 0.25) is 0 Å². The number of rotatable bonds is 12. The lowest BCUT2D eigenvalue weighted by Crippen LogP contribution is -3.00. The molecule has 2 bridgehead atoms. The molecule has 3 fully saturated rings. The van der Waals surface area contributed by atoms with E-state index in [1.54, 1.807) is 24.3 Å². The summed E-state index contributed by atoms with van der Waals surface area (Å²) in [5.41, 5.74) is 0. The van der Waals surface area contributed by atoms with E-state index in [2.05, 4.69) is 26.3 Å². The fourth-order valence-corrected chi connectivity index (χ4v) is 4.37. The van der Waals surface area contributed by atoms with Gasteiger partial charge in [0.25, 0.3) is 11.8 Å². The second-order valence-electron chi connectivity index (χ2n) is 8.09. The molecule has 3 rings (SSSR count). The largest absolute Gasteiger partial charge is 1.00 e. The van der Waals surface area contributed by atoms with E-state index in [0.717, 1.165) is 48.2 Å². The van der Waals surface area contributed by atoms with E-state index in [1.807, 2.05) is 9.80 Å². The molecular formula is C22H36Cl2N4O2. The van der Waals surface area contributed by atoms with Crippen molar-refractivity contribution in [1.29, 1.82) is 0 Å². The number of hydrogen-bond acceptors (Lipinski definition) is 2. The lowest BCUT2D eigenvalue weighted by molar-refractivity contribution is -1.07. The summed E-state index contributed by atoms with van der Waals surface area (Å²) in [5.74, 6) is 0.335. The molecule has 0 N–H and O–H groups in total. The Morgan fingerprint density at radius 2 is 0.833 bits per heavy atom. The van der Waals surface area contributed by atoms with Crippen LogP contribution in [0.5, 0.6) is 0 Å². The van der Waals surface area contributed by atoms with E-state index in [9.17, 15) is 9.59 Å². The zero-order valence-corrected chi connectivity index (χ0v) is 19.5. The van der Waals surface area contributed by atoms with E-state index >= 15 is 0 Å². The van der Waals surface area contributed by atoms with Crippen molar-refractivity contribution in [2.24, 2.45) is 0 Å². The van der Waals surface area contributed by atoms with E-state index < -0.39 is 0 Å². The maximum atomic E-state index is 12.8. The third-order valence-corrected chi connectivity index (χ3v) is 6.19. The standard InChI is InChI=1S/C22H36N4O2.2ClH/c1-5-9-23(10-6-2)21(27)19-25-13-16-26(17-14-25,18-15-25)20-22(28)24(11-7-3)12-8-4;;/h5-8H,1-4,9-20H2;2*1H/q+2;;/p-2. The van der Waals surface area contributed by atoms with Crippen LogP contribution in [0, 0.1) is 0 Å². The normalized spacial score (nSPS) is 23.9. The molecule has 0 radical (unpaired) electrons. The molecule has 0 aromatic heterocycles. The highest BCUT2D eigenvalue weighted by molar-refractivity contribution is 5.78. The van der Waals surface area contributed by atoms with Gasteiger partial charge in [-0.25, -0.2) is 0 Å². The molecule has 3 aliphatic rings. The molecule has 8 heteroatoms. The van der Waals surface area contributed by atoms with Crippen molar-refractivity contribution in [3.8, 4) is 0 Å². The molecule has 0 spiro atoms. The maximum Gasteiger partial charge on any atom is 0.278 e. The van der Waals surface area contributed by atoms with Crippen LogP contribution >= 0.6 is 0 Å². The SMILES string of the molecule is C=CCN(CC=C)C(=O)C[N+]12CC[N+](CC(=O)N(CC=C)CC=C)(CC1)CC2.[Cl-].[Cl-]. The number of carbonyl (C=O) groups excluding carboxylic acids is 2. The lowest BCUT2D eigenvalue weighted by Gasteiger charge is -2.55. The van der Waals surface area contributed by atoms with Gasteiger partial charge in [-0.05, 0) is 0 Å². The second kappa shape index (κ2) is 13.0. The topological polar surface area (TPSA) is 40.6 Å². The van der Waals surface area contributed by atoms with E-state index in [4.69, 9.17) is 0 Å². The van der Waals surface area contributed by atoms with Crippen LogP contribution in [-0.2, 0) is 9.59 Å². The van der Waals surface area contributed by atoms with Gasteiger partial charge in [0.1, 0.15) is 39.3 Å². The van der Waals surface area contributed by atoms with Gasteiger partial charge in [0.05, 0.1) is 0 Å². The summed E-state index contributed by atoms with van der Waals surface area (Å²) in [6.45, 7) is 24.0. The maximum absolute atomic E-state index is 12.8. The zero-order chi connectivity index (χ0) is 20.6. The Hall–Kier alpha value is -1.60. The van der Waals surface area contributed by atoms with Crippen LogP contribution in [0.4, 0.5) is 0 Å². The molecule has 6 nitrogen and oxygen atoms in total. The number of hydrogen-bond donors (Lipinski definition) is 0. The summed E-state index contributed by atoms with van der Waals surface area (Å²) < 4.78 is 1.70. The summed E-state index contributed by atoms with van der Waals surface area (Å²) in [7, 11) is 0. The molecule has 3 heterocycles. The fourth-order valence-electron chi connectivity index (χ4n) is 4.37. The first-order chi connectivity index (χ1) is 13.4. The summed E-state index contributed by atoms with van der Waals surface area (Å²) >= 11 is 0. The van der Waals surface area contributed by atoms with Crippen molar-refractivity contribution in [3.63, 3.8) is 0 Å². The van der Waals surface area contributed by atoms with Crippen molar-refractivity contribution in [3.05, 3.63) is 50.6 Å². The molecule has 0 atom stereocenters. The summed E-state index contributed by atoms with van der Waals surface area (Å²) in [6.07, 6.45) is 7.05. The Balaban J connectivity index is 0.00000420. The van der Waals surface area contributed by atoms with Crippen molar-refractivity contribution < 1.29 is 43.4 Å². The average molecular weight is 459 g/mol. The summed E-state index contributed by atoms with van der Waals surface area (Å²) in [6, 6.07) is 0. The summed E-state index contributed by atoms with van der Waals surface area (Å²) in [4.78, 5) is 29.2. The highest BCUT2D eigenvalue weighted by Crippen LogP contribution is 2.27. The highest BCUT2D eigenvalue weighted by atomic mass is 35.5. The van der Waals surface area contributed by atoms with Crippen LogP contribution in [0.15, 0.2) is 50.6 Å². The average Bonchev–Trinajstić information content (AvgIpc) is 2.69. The third kappa shape index (κ3) is 6.98. The first kappa shape index (κ1) is 28.4. The van der Waals surface area contributed by atoms with Gasteiger partial charge in [0, 0.05) is 26.2 Å². The van der Waals surface area contributed by atoms with Crippen molar-refractivity contribution >= 4 is 11.8 Å². The Labute approximate surface area is 194 Å². The first-order valence-electron chi connectivity index (χ1n) is 10.1. The van der Waals surface area contributed by atoms with Crippen LogP contribution in [-0.4, -0.2) is 109 Å². The molecule has 3 aliphatic heterocycles. The van der Waals surface area contributed by atoms with Gasteiger partial charge < -0.3 is 43.6 Å². The Bertz CT molecular complexity index is 540. The minimum atomic E-state index is 0. The van der Waals surface area contributed by atoms with Gasteiger partial charge in [-0.15, -0.1) is 26.3 Å². The number of quaternary nitrogens is 2. The quantitative estimate of drug-likeness (QED) is 0.217. The van der Waals surface area contributed by atoms with Crippen LogP contribution in [0.3, 0.4) is 0 Å². The predicted octanol–water partition coefficient (Wildman–Crippen LogP) is -4.94. The number of fused-ring (bicyclic) bond motifs is 3. The van der Waals surface area contributed by atoms with Crippen LogP contribution < -0.4 is 24.8 Å². The van der Waals surface area contributed by atoms with Crippen LogP contribution in [0.1, 0.15) is 0 Å². The van der Waals surface area contributed by atoms with E-state index in [1.165, 1.54) is 0 Å². The Morgan fingerprint density at radius 3 is 1.03 bits per heavy atom. The van der Waals surface area contributed by atoms with Gasteiger partial charge in [-0.1, -0.05) is 24.3 Å². The molecule has 3 saturated heterocycles. The first-order valence-corrected chi connectivity index (χ1v) is 10.1. The number of amides is 2. The fraction of sp³-hybridized carbons (Fsp3) is 0.545. The zero-order valence-electron chi connectivity index (χ0n) is 18.0. The molecule has 0 aromatic rings. The molecular weight excluding hydrogens is 423 g/mol. The third-order valence-electron chi connectivity index (χ3n) is 6.19. The second-order valence-corrected chi connectivity index (χ2v) is 8.09. The van der Waals surface area contributed by atoms with Crippen molar-refractivity contribution in [1.82, 2.24) is 9.80 Å². The van der Waals surface area contributed by atoms with Gasteiger partial charge in [0.2, 0.25) is 0 Å². The monoisotopic (exact) mass is 458 g/mol. The molecule has 170 valence electrons. The van der Waals surface area contributed by atoms with Gasteiger partial charge in [0.15, 0.2) is 13.1 Å². The van der Waals surface area contributed by atoms with E-state index in [-0.39, 0.29) is 36.6 Å². The van der Waals surface area contributed by atoms with Crippen LogP contribution in [0.25, 0.3) is 0 Å². The molecule has 30 heavy (non-hydrogen) atoms. The smallest absolute Gasteiger partial charge is 0.278 e. The van der Waals surface area contributed by atoms with Crippen molar-refractivity contribution in [2.45, 2.75) is 0 Å². The van der Waals surface area contributed by atoms with Gasteiger partial charge >= 0.3 is 0 Å².